The second-order valence-electron chi connectivity index (χ2n) is 8.49. The van der Waals surface area contributed by atoms with Crippen LogP contribution in [0.25, 0.3) is 10.1 Å². The van der Waals surface area contributed by atoms with Gasteiger partial charge in [0.05, 0.1) is 21.3 Å². The molecule has 1 amide bonds. The summed E-state index contributed by atoms with van der Waals surface area (Å²) in [6.45, 7) is 1.43. The molecule has 0 fully saturated rings. The first-order valence-corrected chi connectivity index (χ1v) is 13.3. The number of carbonyl (C=O) groups excluding carboxylic acids is 1. The van der Waals surface area contributed by atoms with Crippen molar-refractivity contribution in [1.29, 1.82) is 0 Å². The number of nitrogens with one attached hydrogen (secondary N) is 1. The van der Waals surface area contributed by atoms with E-state index in [1.165, 1.54) is 0 Å². The molecule has 2 aromatic heterocycles. The van der Waals surface area contributed by atoms with Gasteiger partial charge in [-0.15, -0.1) is 11.3 Å². The Bertz CT molecular complexity index is 1290. The quantitative estimate of drug-likeness (QED) is 0.340. The van der Waals surface area contributed by atoms with Crippen molar-refractivity contribution in [2.24, 2.45) is 4.99 Å². The first-order valence-electron chi connectivity index (χ1n) is 11.3. The minimum atomic E-state index is -0.0136. The number of hydrogen-bond donors (Lipinski definition) is 1. The van der Waals surface area contributed by atoms with Crippen LogP contribution in [-0.4, -0.2) is 46.4 Å². The molecule has 3 heterocycles. The van der Waals surface area contributed by atoms with Crippen molar-refractivity contribution in [3.05, 3.63) is 68.6 Å². The van der Waals surface area contributed by atoms with Gasteiger partial charge in [-0.3, -0.25) is 10.1 Å². The number of aromatic nitrogens is 2. The third-order valence-electron chi connectivity index (χ3n) is 6.14. The molecule has 0 bridgehead atoms. The maximum absolute atomic E-state index is 12.9. The van der Waals surface area contributed by atoms with Crippen LogP contribution in [0.15, 0.2) is 68.8 Å². The molecule has 1 aliphatic heterocycles. The van der Waals surface area contributed by atoms with Gasteiger partial charge in [-0.25, -0.2) is 9.67 Å². The number of nitrogens with zero attached hydrogens (tertiary/aromatic N) is 4. The van der Waals surface area contributed by atoms with Gasteiger partial charge in [-0.1, -0.05) is 35.9 Å². The third kappa shape index (κ3) is 4.77. The number of halogens is 2. The monoisotopic (exact) mass is 557 g/mol. The van der Waals surface area contributed by atoms with Gasteiger partial charge in [0.2, 0.25) is 0 Å². The molecule has 5 rings (SSSR count). The summed E-state index contributed by atoms with van der Waals surface area (Å²) < 4.78 is 3.93. The zero-order chi connectivity index (χ0) is 23.7. The normalized spacial score (nSPS) is 17.7. The van der Waals surface area contributed by atoms with Crippen molar-refractivity contribution in [1.82, 2.24) is 20.0 Å². The Morgan fingerprint density at radius 2 is 2.24 bits per heavy atom. The van der Waals surface area contributed by atoms with Crippen LogP contribution in [0, 0.1) is 0 Å². The lowest BCUT2D eigenvalue weighted by Crippen LogP contribution is -2.35. The van der Waals surface area contributed by atoms with Gasteiger partial charge >= 0.3 is 0 Å². The fourth-order valence-corrected chi connectivity index (χ4v) is 6.05. The average Bonchev–Trinajstić information content (AvgIpc) is 3.45. The molecule has 1 unspecified atom stereocenters. The number of fused-ring (bicyclic) bond motifs is 2. The minimum absolute atomic E-state index is 0.0136. The molecule has 0 radical (unpaired) electrons. The number of benzene rings is 1. The highest BCUT2D eigenvalue weighted by Gasteiger charge is 2.27. The number of hydrogen-bond acceptors (Lipinski definition) is 5. The summed E-state index contributed by atoms with van der Waals surface area (Å²) in [5, 5.41) is 10.0. The van der Waals surface area contributed by atoms with Crippen molar-refractivity contribution >= 4 is 66.4 Å². The molecule has 9 heteroatoms. The van der Waals surface area contributed by atoms with Gasteiger partial charge < -0.3 is 4.90 Å². The molecule has 3 aromatic rings. The van der Waals surface area contributed by atoms with Gasteiger partial charge in [0, 0.05) is 29.7 Å². The molecular formula is C25H25BrClN5OS. The van der Waals surface area contributed by atoms with Crippen LogP contribution in [0.5, 0.6) is 0 Å². The van der Waals surface area contributed by atoms with E-state index in [4.69, 9.17) is 16.6 Å². The van der Waals surface area contributed by atoms with Crippen molar-refractivity contribution in [2.75, 3.05) is 20.1 Å². The average molecular weight is 559 g/mol. The van der Waals surface area contributed by atoms with E-state index in [0.29, 0.717) is 6.54 Å². The molecule has 0 saturated carbocycles. The predicted octanol–water partition coefficient (Wildman–Crippen LogP) is 6.43. The lowest BCUT2D eigenvalue weighted by Gasteiger charge is -2.27. The van der Waals surface area contributed by atoms with E-state index in [1.807, 2.05) is 42.1 Å². The summed E-state index contributed by atoms with van der Waals surface area (Å²) >= 11 is 11.6. The van der Waals surface area contributed by atoms with Crippen LogP contribution >= 0.6 is 38.9 Å². The van der Waals surface area contributed by atoms with E-state index in [2.05, 4.69) is 38.5 Å². The fraction of sp³-hybridized carbons (Fsp3) is 0.320. The van der Waals surface area contributed by atoms with Gasteiger partial charge in [0.25, 0.3) is 5.91 Å². The summed E-state index contributed by atoms with van der Waals surface area (Å²) in [4.78, 5) is 20.3. The van der Waals surface area contributed by atoms with Gasteiger partial charge in [0.1, 0.15) is 6.17 Å². The first kappa shape index (κ1) is 23.5. The number of amides is 1. The Labute approximate surface area is 216 Å². The summed E-state index contributed by atoms with van der Waals surface area (Å²) in [7, 11) is 1.87. The van der Waals surface area contributed by atoms with Crippen molar-refractivity contribution < 1.29 is 4.79 Å². The molecular weight excluding hydrogens is 534 g/mol. The third-order valence-corrected chi connectivity index (χ3v) is 8.16. The zero-order valence-corrected chi connectivity index (χ0v) is 22.0. The maximum atomic E-state index is 12.9. The van der Waals surface area contributed by atoms with E-state index >= 15 is 0 Å². The topological polar surface area (TPSA) is 62.5 Å². The van der Waals surface area contributed by atoms with E-state index in [9.17, 15) is 4.79 Å². The molecule has 1 aromatic carbocycles. The Morgan fingerprint density at radius 3 is 3.06 bits per heavy atom. The van der Waals surface area contributed by atoms with Crippen molar-refractivity contribution in [3.63, 3.8) is 0 Å². The number of thiophene rings is 1. The van der Waals surface area contributed by atoms with Crippen LogP contribution in [0.3, 0.4) is 0 Å². The lowest BCUT2D eigenvalue weighted by atomic mass is 9.96. The molecule has 1 aliphatic carbocycles. The predicted molar refractivity (Wildman–Crippen MR) is 143 cm³/mol. The highest BCUT2D eigenvalue weighted by atomic mass is 79.9. The van der Waals surface area contributed by atoms with Crippen LogP contribution in [0.1, 0.15) is 41.5 Å². The van der Waals surface area contributed by atoms with E-state index < -0.39 is 0 Å². The summed E-state index contributed by atoms with van der Waals surface area (Å²) in [5.74, 6) is 0.876. The Hall–Kier alpha value is -2.26. The molecule has 34 heavy (non-hydrogen) atoms. The van der Waals surface area contributed by atoms with Gasteiger partial charge in [0.15, 0.2) is 5.82 Å². The van der Waals surface area contributed by atoms with Crippen LogP contribution in [0.4, 0.5) is 5.82 Å². The molecule has 2 aliphatic rings. The zero-order valence-electron chi connectivity index (χ0n) is 18.8. The lowest BCUT2D eigenvalue weighted by molar-refractivity contribution is 0.0798. The van der Waals surface area contributed by atoms with Gasteiger partial charge in [-0.2, -0.15) is 5.10 Å². The Kier molecular flexibility index (Phi) is 7.01. The number of allylic oxidation sites excluding steroid dienone is 4. The second-order valence-corrected chi connectivity index (χ2v) is 10.8. The smallest absolute Gasteiger partial charge is 0.263 e. The highest BCUT2D eigenvalue weighted by Crippen LogP contribution is 2.36. The standard InChI is InChI=1S/C25H25BrClN5OS/c1-31(25(33)22-13-16-7-2-5-10-21(16)34-22)12-6-11-28-23-14-20(17-8-3-4-9-19(17)27)30-24-18(26)15-29-32(23)24/h2,4-5,7,9-10,13,15,23,28H,3,6,8,11-12,14H2,1H3. The first-order chi connectivity index (χ1) is 16.5. The van der Waals surface area contributed by atoms with E-state index in [0.717, 1.165) is 73.8 Å². The maximum Gasteiger partial charge on any atom is 0.263 e. The van der Waals surface area contributed by atoms with E-state index in [1.54, 1.807) is 22.4 Å². The van der Waals surface area contributed by atoms with Crippen LogP contribution in [-0.2, 0) is 0 Å². The summed E-state index contributed by atoms with van der Waals surface area (Å²) in [6.07, 6.45) is 9.26. The van der Waals surface area contributed by atoms with Crippen LogP contribution < -0.4 is 5.32 Å². The number of carbonyl (C=O) groups is 1. The van der Waals surface area contributed by atoms with Crippen LogP contribution in [0.2, 0.25) is 0 Å². The SMILES string of the molecule is CN(CCCNC1CC(C2=C(Cl)C=CCC2)=Nc2c(Br)cnn21)C(=O)c1cc2ccccc2s1. The van der Waals surface area contributed by atoms with Gasteiger partial charge in [-0.05, 0) is 70.9 Å². The molecule has 0 spiro atoms. The largest absolute Gasteiger partial charge is 0.341 e. The van der Waals surface area contributed by atoms with Crippen molar-refractivity contribution in [2.45, 2.75) is 31.8 Å². The fourth-order valence-electron chi connectivity index (χ4n) is 4.34. The highest BCUT2D eigenvalue weighted by molar-refractivity contribution is 9.10. The molecule has 176 valence electrons. The number of rotatable bonds is 7. The summed E-state index contributed by atoms with van der Waals surface area (Å²) in [6, 6.07) is 10.1. The molecule has 6 nitrogen and oxygen atoms in total. The summed E-state index contributed by atoms with van der Waals surface area (Å²) in [5.41, 5.74) is 2.13. The number of aliphatic imine (C=N–C) groups is 1. The molecule has 1 atom stereocenters. The van der Waals surface area contributed by atoms with E-state index in [-0.39, 0.29) is 12.1 Å². The van der Waals surface area contributed by atoms with Crippen molar-refractivity contribution in [3.8, 4) is 0 Å². The molecule has 0 saturated heterocycles. The minimum Gasteiger partial charge on any atom is -0.341 e. The second kappa shape index (κ2) is 10.2. The molecule has 1 N–H and O–H groups in total. The Balaban J connectivity index is 1.20. The Morgan fingerprint density at radius 1 is 1.38 bits per heavy atom.